The zero-order valence-electron chi connectivity index (χ0n) is 23.7. The third-order valence-corrected chi connectivity index (χ3v) is 8.47. The largest absolute Gasteiger partial charge is 0.322 e. The van der Waals surface area contributed by atoms with Crippen molar-refractivity contribution < 1.29 is 9.05 Å². The van der Waals surface area contributed by atoms with Crippen molar-refractivity contribution in [1.82, 2.24) is 4.67 Å². The molecular formula is C29H59N2O2P. The average Bonchev–Trinajstić information content (AvgIpc) is 2.80. The lowest BCUT2D eigenvalue weighted by Crippen LogP contribution is -2.33. The second kappa shape index (κ2) is 25.9. The van der Waals surface area contributed by atoms with Gasteiger partial charge in [-0.2, -0.15) is 5.26 Å². The van der Waals surface area contributed by atoms with Gasteiger partial charge in [-0.25, -0.2) is 4.67 Å². The Labute approximate surface area is 215 Å². The topological polar surface area (TPSA) is 45.5 Å². The second-order valence-corrected chi connectivity index (χ2v) is 11.8. The summed E-state index contributed by atoms with van der Waals surface area (Å²) in [5.41, 5.74) is 0. The molecule has 0 amide bonds. The van der Waals surface area contributed by atoms with E-state index < -0.39 is 8.53 Å². The first-order valence-corrected chi connectivity index (χ1v) is 15.9. The molecule has 0 aliphatic heterocycles. The van der Waals surface area contributed by atoms with Crippen LogP contribution in [0, 0.1) is 11.3 Å². The van der Waals surface area contributed by atoms with E-state index >= 15 is 0 Å². The van der Waals surface area contributed by atoms with Gasteiger partial charge in [-0.05, 0) is 34.1 Å². The van der Waals surface area contributed by atoms with Crippen molar-refractivity contribution in [2.24, 2.45) is 0 Å². The molecule has 0 heterocycles. The van der Waals surface area contributed by atoms with Crippen molar-refractivity contribution in [3.05, 3.63) is 0 Å². The first kappa shape index (κ1) is 33.8. The second-order valence-electron chi connectivity index (χ2n) is 10.4. The van der Waals surface area contributed by atoms with Gasteiger partial charge in [0.05, 0.1) is 25.7 Å². The Hall–Kier alpha value is -0.200. The van der Waals surface area contributed by atoms with Crippen LogP contribution in [0.15, 0.2) is 0 Å². The maximum atomic E-state index is 8.80. The number of nitriles is 1. The highest BCUT2D eigenvalue weighted by molar-refractivity contribution is 7.44. The molecule has 34 heavy (non-hydrogen) atoms. The lowest BCUT2D eigenvalue weighted by Gasteiger charge is -2.35. The van der Waals surface area contributed by atoms with Gasteiger partial charge in [0.2, 0.25) is 0 Å². The molecular weight excluding hydrogens is 439 g/mol. The Balaban J connectivity index is 3.59. The summed E-state index contributed by atoms with van der Waals surface area (Å²) in [6.07, 6.45) is 25.5. The van der Waals surface area contributed by atoms with Gasteiger partial charge in [0.25, 0.3) is 8.53 Å². The number of unbranched alkanes of at least 4 members (excludes halogenated alkanes) is 17. The molecule has 0 aromatic heterocycles. The van der Waals surface area contributed by atoms with Crippen LogP contribution in [-0.4, -0.2) is 30.0 Å². The predicted molar refractivity (Wildman–Crippen MR) is 150 cm³/mol. The molecule has 0 aromatic carbocycles. The molecule has 0 N–H and O–H groups in total. The summed E-state index contributed by atoms with van der Waals surface area (Å²) in [6.45, 7) is 12.2. The summed E-state index contributed by atoms with van der Waals surface area (Å²) >= 11 is 0. The molecule has 0 spiro atoms. The predicted octanol–water partition coefficient (Wildman–Crippen LogP) is 10.3. The molecule has 0 aliphatic carbocycles. The van der Waals surface area contributed by atoms with Crippen molar-refractivity contribution in [2.75, 3.05) is 13.2 Å². The maximum Gasteiger partial charge on any atom is 0.259 e. The molecule has 0 aliphatic rings. The van der Waals surface area contributed by atoms with Crippen molar-refractivity contribution in [3.63, 3.8) is 0 Å². The van der Waals surface area contributed by atoms with Gasteiger partial charge in [0.15, 0.2) is 0 Å². The minimum absolute atomic E-state index is 0.369. The quantitative estimate of drug-likeness (QED) is 0.0878. The van der Waals surface area contributed by atoms with Gasteiger partial charge in [-0.1, -0.05) is 116 Å². The van der Waals surface area contributed by atoms with Crippen LogP contribution >= 0.6 is 8.53 Å². The van der Waals surface area contributed by atoms with Crippen LogP contribution in [0.3, 0.4) is 0 Å². The molecule has 1 unspecified atom stereocenters. The number of rotatable bonds is 26. The highest BCUT2D eigenvalue weighted by Crippen LogP contribution is 2.46. The van der Waals surface area contributed by atoms with Gasteiger partial charge in [-0.15, -0.1) is 0 Å². The van der Waals surface area contributed by atoms with Crippen LogP contribution in [0.1, 0.15) is 157 Å². The smallest absolute Gasteiger partial charge is 0.259 e. The Bertz CT molecular complexity index is 446. The number of hydrogen-bond acceptors (Lipinski definition) is 4. The van der Waals surface area contributed by atoms with E-state index in [0.717, 1.165) is 13.0 Å². The summed E-state index contributed by atoms with van der Waals surface area (Å²) in [6, 6.07) is 2.90. The molecule has 0 saturated carbocycles. The summed E-state index contributed by atoms with van der Waals surface area (Å²) in [7, 11) is -1.08. The third-order valence-electron chi connectivity index (χ3n) is 6.36. The molecule has 0 fully saturated rings. The minimum Gasteiger partial charge on any atom is -0.322 e. The molecule has 0 radical (unpaired) electrons. The molecule has 0 saturated heterocycles. The molecule has 1 atom stereocenters. The van der Waals surface area contributed by atoms with Crippen LogP contribution in [0.2, 0.25) is 0 Å². The Morgan fingerprint density at radius 1 is 0.588 bits per heavy atom. The Kier molecular flexibility index (Phi) is 25.7. The highest BCUT2D eigenvalue weighted by atomic mass is 31.2. The maximum absolute atomic E-state index is 8.80. The zero-order chi connectivity index (χ0) is 25.3. The van der Waals surface area contributed by atoms with Crippen LogP contribution in [0.4, 0.5) is 0 Å². The van der Waals surface area contributed by atoms with Crippen LogP contribution in [0.25, 0.3) is 0 Å². The van der Waals surface area contributed by atoms with Crippen molar-refractivity contribution in [1.29, 1.82) is 5.26 Å². The fourth-order valence-electron chi connectivity index (χ4n) is 4.46. The first-order valence-electron chi connectivity index (χ1n) is 14.8. The monoisotopic (exact) mass is 498 g/mol. The molecule has 0 aromatic rings. The van der Waals surface area contributed by atoms with Gasteiger partial charge >= 0.3 is 0 Å². The molecule has 5 heteroatoms. The summed E-state index contributed by atoms with van der Waals surface area (Å²) in [5, 5.41) is 8.80. The first-order chi connectivity index (χ1) is 16.5. The van der Waals surface area contributed by atoms with E-state index in [-0.39, 0.29) is 0 Å². The fourth-order valence-corrected chi connectivity index (χ4v) is 6.09. The standard InChI is InChI=1S/C29H59N2O2P/c1-6-7-8-9-10-11-12-13-14-15-16-17-18-19-20-21-22-23-26-32-34(33-27-24-25-30)31(28(2)3)29(4)5/h28-29H,6-24,26-27H2,1-5H3. The van der Waals surface area contributed by atoms with E-state index in [9.17, 15) is 0 Å². The summed E-state index contributed by atoms with van der Waals surface area (Å²) in [4.78, 5) is 0. The molecule has 202 valence electrons. The normalized spacial score (nSPS) is 12.7. The third kappa shape index (κ3) is 21.1. The average molecular weight is 499 g/mol. The lowest BCUT2D eigenvalue weighted by molar-refractivity contribution is 0.174. The van der Waals surface area contributed by atoms with E-state index in [4.69, 9.17) is 14.3 Å². The van der Waals surface area contributed by atoms with Crippen LogP contribution in [-0.2, 0) is 9.05 Å². The minimum atomic E-state index is -1.08. The molecule has 0 bridgehead atoms. The van der Waals surface area contributed by atoms with E-state index in [1.165, 1.54) is 109 Å². The highest BCUT2D eigenvalue weighted by Gasteiger charge is 2.26. The van der Waals surface area contributed by atoms with E-state index in [0.29, 0.717) is 25.1 Å². The number of nitrogens with zero attached hydrogens (tertiary/aromatic N) is 2. The van der Waals surface area contributed by atoms with E-state index in [2.05, 4.69) is 45.4 Å². The van der Waals surface area contributed by atoms with Gasteiger partial charge < -0.3 is 9.05 Å². The fraction of sp³-hybridized carbons (Fsp3) is 0.966. The van der Waals surface area contributed by atoms with Crippen molar-refractivity contribution in [3.8, 4) is 6.07 Å². The lowest BCUT2D eigenvalue weighted by atomic mass is 10.0. The van der Waals surface area contributed by atoms with E-state index in [1.807, 2.05) is 0 Å². The van der Waals surface area contributed by atoms with Crippen LogP contribution < -0.4 is 0 Å². The van der Waals surface area contributed by atoms with Crippen molar-refractivity contribution >= 4 is 8.53 Å². The SMILES string of the molecule is CCCCCCCCCCCCCCCCCCCCOP(OCCC#N)N(C(C)C)C(C)C. The van der Waals surface area contributed by atoms with Gasteiger partial charge in [-0.3, -0.25) is 0 Å². The summed E-state index contributed by atoms with van der Waals surface area (Å²) in [5.74, 6) is 0. The van der Waals surface area contributed by atoms with Gasteiger partial charge in [0, 0.05) is 12.1 Å². The molecule has 4 nitrogen and oxygen atoms in total. The Morgan fingerprint density at radius 2 is 0.941 bits per heavy atom. The van der Waals surface area contributed by atoms with Crippen molar-refractivity contribution in [2.45, 2.75) is 169 Å². The Morgan fingerprint density at radius 3 is 1.29 bits per heavy atom. The zero-order valence-corrected chi connectivity index (χ0v) is 24.6. The van der Waals surface area contributed by atoms with E-state index in [1.54, 1.807) is 0 Å². The van der Waals surface area contributed by atoms with Crippen LogP contribution in [0.5, 0.6) is 0 Å². The summed E-state index contributed by atoms with van der Waals surface area (Å²) < 4.78 is 14.4. The van der Waals surface area contributed by atoms with Gasteiger partial charge in [0.1, 0.15) is 0 Å². The molecule has 0 rings (SSSR count). The number of hydrogen-bond donors (Lipinski definition) is 0.